The summed E-state index contributed by atoms with van der Waals surface area (Å²) in [6, 6.07) is 8.51. The number of aromatic hydroxyl groups is 1. The molecule has 1 aromatic rings. The van der Waals surface area contributed by atoms with Crippen LogP contribution in [0.25, 0.3) is 0 Å². The summed E-state index contributed by atoms with van der Waals surface area (Å²) in [5.41, 5.74) is 1.21. The van der Waals surface area contributed by atoms with Gasteiger partial charge in [-0.1, -0.05) is 64.4 Å². The third-order valence-corrected chi connectivity index (χ3v) is 4.93. The van der Waals surface area contributed by atoms with Crippen molar-refractivity contribution in [1.29, 1.82) is 0 Å². The van der Waals surface area contributed by atoms with Crippen LogP contribution >= 0.6 is 0 Å². The zero-order chi connectivity index (χ0) is 15.6. The summed E-state index contributed by atoms with van der Waals surface area (Å²) in [6.45, 7) is 3.41. The van der Waals surface area contributed by atoms with Crippen LogP contribution in [0.2, 0.25) is 0 Å². The molecular weight excluding hydrogens is 270 g/mol. The summed E-state index contributed by atoms with van der Waals surface area (Å²) in [5.74, 6) is 0.390. The van der Waals surface area contributed by atoms with Crippen molar-refractivity contribution in [3.8, 4) is 5.75 Å². The summed E-state index contributed by atoms with van der Waals surface area (Å²) in [4.78, 5) is 2.57. The maximum Gasteiger partial charge on any atom is 0.117 e. The van der Waals surface area contributed by atoms with Crippen molar-refractivity contribution >= 4 is 5.69 Å². The Morgan fingerprint density at radius 2 is 1.73 bits per heavy atom. The molecule has 0 aromatic heterocycles. The zero-order valence-electron chi connectivity index (χ0n) is 14.3. The fraction of sp³-hybridized carbons (Fsp3) is 0.700. The fourth-order valence-corrected chi connectivity index (χ4v) is 3.65. The van der Waals surface area contributed by atoms with Gasteiger partial charge in [0.15, 0.2) is 0 Å². The maximum absolute atomic E-state index is 9.80. The van der Waals surface area contributed by atoms with Gasteiger partial charge in [0.05, 0.1) is 0 Å². The van der Waals surface area contributed by atoms with E-state index < -0.39 is 0 Å². The molecule has 0 amide bonds. The molecule has 1 aliphatic carbocycles. The Hall–Kier alpha value is -1.18. The number of unbranched alkanes of at least 4 members (excludes halogenated alkanes) is 5. The Morgan fingerprint density at radius 3 is 2.45 bits per heavy atom. The highest BCUT2D eigenvalue weighted by molar-refractivity contribution is 5.51. The Balaban J connectivity index is 1.90. The van der Waals surface area contributed by atoms with Gasteiger partial charge in [-0.3, -0.25) is 0 Å². The second-order valence-corrected chi connectivity index (χ2v) is 6.77. The molecule has 0 heterocycles. The Labute approximate surface area is 136 Å². The first-order valence-corrected chi connectivity index (χ1v) is 9.37. The molecule has 2 rings (SSSR count). The monoisotopic (exact) mass is 303 g/mol. The molecule has 1 aromatic carbocycles. The molecule has 0 radical (unpaired) electrons. The average molecular weight is 303 g/mol. The molecule has 1 aliphatic rings. The van der Waals surface area contributed by atoms with Gasteiger partial charge in [-0.15, -0.1) is 0 Å². The van der Waals surface area contributed by atoms with Gasteiger partial charge in [0.1, 0.15) is 5.75 Å². The third kappa shape index (κ3) is 5.55. The fourth-order valence-electron chi connectivity index (χ4n) is 3.65. The predicted molar refractivity (Wildman–Crippen MR) is 95.7 cm³/mol. The van der Waals surface area contributed by atoms with Gasteiger partial charge in [-0.25, -0.2) is 0 Å². The molecule has 0 saturated heterocycles. The molecule has 1 fully saturated rings. The highest BCUT2D eigenvalue weighted by atomic mass is 16.3. The number of rotatable bonds is 9. The zero-order valence-corrected chi connectivity index (χ0v) is 14.3. The highest BCUT2D eigenvalue weighted by Crippen LogP contribution is 2.29. The van der Waals surface area contributed by atoms with Crippen LogP contribution in [0, 0.1) is 0 Å². The number of anilines is 1. The van der Waals surface area contributed by atoms with Gasteiger partial charge >= 0.3 is 0 Å². The van der Waals surface area contributed by atoms with Gasteiger partial charge in [-0.05, 0) is 31.4 Å². The van der Waals surface area contributed by atoms with Crippen LogP contribution in [-0.2, 0) is 0 Å². The molecule has 22 heavy (non-hydrogen) atoms. The van der Waals surface area contributed by atoms with Crippen LogP contribution in [0.3, 0.4) is 0 Å². The Bertz CT molecular complexity index is 412. The van der Waals surface area contributed by atoms with Crippen molar-refractivity contribution in [2.75, 3.05) is 11.4 Å². The van der Waals surface area contributed by atoms with E-state index in [0.717, 1.165) is 6.54 Å². The van der Waals surface area contributed by atoms with Crippen LogP contribution < -0.4 is 4.90 Å². The molecule has 0 unspecified atom stereocenters. The first kappa shape index (κ1) is 17.2. The minimum absolute atomic E-state index is 0.390. The lowest BCUT2D eigenvalue weighted by atomic mass is 9.93. The van der Waals surface area contributed by atoms with Crippen molar-refractivity contribution in [2.24, 2.45) is 0 Å². The largest absolute Gasteiger partial charge is 0.508 e. The van der Waals surface area contributed by atoms with E-state index in [2.05, 4.69) is 17.9 Å². The van der Waals surface area contributed by atoms with Crippen molar-refractivity contribution in [3.63, 3.8) is 0 Å². The van der Waals surface area contributed by atoms with Crippen molar-refractivity contribution in [1.82, 2.24) is 0 Å². The normalized spacial score (nSPS) is 15.9. The molecule has 0 spiro atoms. The summed E-state index contributed by atoms with van der Waals surface area (Å²) in [5, 5.41) is 9.80. The summed E-state index contributed by atoms with van der Waals surface area (Å²) in [7, 11) is 0. The molecular formula is C20H33NO. The summed E-state index contributed by atoms with van der Waals surface area (Å²) < 4.78 is 0. The molecule has 2 nitrogen and oxygen atoms in total. The van der Waals surface area contributed by atoms with Gasteiger partial charge in [-0.2, -0.15) is 0 Å². The second kappa shape index (κ2) is 9.76. The minimum atomic E-state index is 0.390. The minimum Gasteiger partial charge on any atom is -0.508 e. The third-order valence-electron chi connectivity index (χ3n) is 4.93. The van der Waals surface area contributed by atoms with E-state index in [-0.39, 0.29) is 0 Å². The number of benzene rings is 1. The number of hydrogen-bond acceptors (Lipinski definition) is 2. The molecule has 0 aliphatic heterocycles. The molecule has 124 valence electrons. The van der Waals surface area contributed by atoms with Crippen LogP contribution in [0.15, 0.2) is 24.3 Å². The van der Waals surface area contributed by atoms with E-state index in [9.17, 15) is 5.11 Å². The summed E-state index contributed by atoms with van der Waals surface area (Å²) >= 11 is 0. The standard InChI is InChI=1S/C20H33NO/c1-2-3-4-5-6-10-16-21(18-12-8-7-9-13-18)19-14-11-15-20(22)17-19/h11,14-15,17-18,22H,2-10,12-13,16H2,1H3. The lowest BCUT2D eigenvalue weighted by Gasteiger charge is -2.36. The van der Waals surface area contributed by atoms with E-state index in [1.54, 1.807) is 6.07 Å². The Kier molecular flexibility index (Phi) is 7.62. The topological polar surface area (TPSA) is 23.5 Å². The Morgan fingerprint density at radius 1 is 1.00 bits per heavy atom. The van der Waals surface area contributed by atoms with Crippen LogP contribution in [0.1, 0.15) is 77.6 Å². The lowest BCUT2D eigenvalue weighted by Crippen LogP contribution is -2.37. The smallest absolute Gasteiger partial charge is 0.117 e. The maximum atomic E-state index is 9.80. The van der Waals surface area contributed by atoms with E-state index in [4.69, 9.17) is 0 Å². The number of phenolic OH excluding ortho intramolecular Hbond substituents is 1. The molecule has 2 heteroatoms. The first-order chi connectivity index (χ1) is 10.8. The van der Waals surface area contributed by atoms with E-state index in [0.29, 0.717) is 11.8 Å². The predicted octanol–water partition coefficient (Wildman–Crippen LogP) is 5.89. The number of nitrogens with zero attached hydrogens (tertiary/aromatic N) is 1. The van der Waals surface area contributed by atoms with Crippen molar-refractivity contribution in [3.05, 3.63) is 24.3 Å². The quantitative estimate of drug-likeness (QED) is 0.575. The SMILES string of the molecule is CCCCCCCCN(c1cccc(O)c1)C1CCCCC1. The first-order valence-electron chi connectivity index (χ1n) is 9.37. The van der Waals surface area contributed by atoms with Gasteiger partial charge in [0, 0.05) is 24.3 Å². The highest BCUT2D eigenvalue weighted by Gasteiger charge is 2.21. The van der Waals surface area contributed by atoms with Crippen LogP contribution in [0.5, 0.6) is 5.75 Å². The summed E-state index contributed by atoms with van der Waals surface area (Å²) in [6.07, 6.45) is 14.8. The van der Waals surface area contributed by atoms with E-state index in [1.807, 2.05) is 12.1 Å². The number of hydrogen-bond donors (Lipinski definition) is 1. The van der Waals surface area contributed by atoms with Gasteiger partial charge in [0.2, 0.25) is 0 Å². The van der Waals surface area contributed by atoms with Crippen molar-refractivity contribution in [2.45, 2.75) is 83.6 Å². The van der Waals surface area contributed by atoms with E-state index in [1.165, 1.54) is 76.3 Å². The average Bonchev–Trinajstić information content (AvgIpc) is 2.55. The van der Waals surface area contributed by atoms with Crippen molar-refractivity contribution < 1.29 is 5.11 Å². The van der Waals surface area contributed by atoms with E-state index >= 15 is 0 Å². The molecule has 1 N–H and O–H groups in total. The van der Waals surface area contributed by atoms with Crippen LogP contribution in [-0.4, -0.2) is 17.7 Å². The lowest BCUT2D eigenvalue weighted by molar-refractivity contribution is 0.409. The molecule has 0 bridgehead atoms. The second-order valence-electron chi connectivity index (χ2n) is 6.77. The van der Waals surface area contributed by atoms with Crippen LogP contribution in [0.4, 0.5) is 5.69 Å². The van der Waals surface area contributed by atoms with Gasteiger partial charge < -0.3 is 10.0 Å². The van der Waals surface area contributed by atoms with Gasteiger partial charge in [0.25, 0.3) is 0 Å². The molecule has 1 saturated carbocycles. The number of phenols is 1. The molecule has 0 atom stereocenters.